The third kappa shape index (κ3) is 3.34. The van der Waals surface area contributed by atoms with E-state index in [9.17, 15) is 4.79 Å². The number of carbonyl (C=O) groups excluding carboxylic acids is 1. The quantitative estimate of drug-likeness (QED) is 0.733. The highest BCUT2D eigenvalue weighted by Gasteiger charge is 2.10. The molecule has 5 heteroatoms. The second-order valence-corrected chi connectivity index (χ2v) is 6.06. The molecular formula is C13H10BrClO2S. The summed E-state index contributed by atoms with van der Waals surface area (Å²) >= 11 is 10.9. The Morgan fingerprint density at radius 2 is 2.22 bits per heavy atom. The second-order valence-electron chi connectivity index (χ2n) is 3.72. The van der Waals surface area contributed by atoms with Gasteiger partial charge in [-0.1, -0.05) is 11.6 Å². The minimum atomic E-state index is -0.0557. The molecular weight excluding hydrogens is 336 g/mol. The number of hydrogen-bond donors (Lipinski definition) is 0. The van der Waals surface area contributed by atoms with Gasteiger partial charge in [0, 0.05) is 19.8 Å². The average Bonchev–Trinajstić information content (AvgIpc) is 2.73. The van der Waals surface area contributed by atoms with Crippen LogP contribution in [0.15, 0.2) is 34.1 Å². The van der Waals surface area contributed by atoms with Crippen molar-refractivity contribution in [1.82, 2.24) is 0 Å². The summed E-state index contributed by atoms with van der Waals surface area (Å²) in [5.74, 6) is 0.510. The van der Waals surface area contributed by atoms with Crippen LogP contribution in [-0.2, 0) is 6.61 Å². The van der Waals surface area contributed by atoms with Gasteiger partial charge in [-0.25, -0.2) is 0 Å². The van der Waals surface area contributed by atoms with Crippen molar-refractivity contribution in [2.45, 2.75) is 13.5 Å². The molecule has 1 heterocycles. The number of benzene rings is 1. The molecule has 0 amide bonds. The number of ether oxygens (including phenoxy) is 1. The van der Waals surface area contributed by atoms with E-state index in [1.807, 2.05) is 11.4 Å². The number of Topliss-reactive ketones (excluding diaryl/α,β-unsaturated/α-hetero) is 1. The highest BCUT2D eigenvalue weighted by atomic mass is 79.9. The second kappa shape index (κ2) is 5.87. The molecule has 0 saturated carbocycles. The van der Waals surface area contributed by atoms with Gasteiger partial charge in [-0.05, 0) is 47.1 Å². The zero-order chi connectivity index (χ0) is 13.1. The first-order valence-electron chi connectivity index (χ1n) is 5.22. The van der Waals surface area contributed by atoms with Crippen molar-refractivity contribution in [3.05, 3.63) is 49.6 Å². The molecule has 0 fully saturated rings. The van der Waals surface area contributed by atoms with E-state index in [1.165, 1.54) is 6.92 Å². The Morgan fingerprint density at radius 1 is 1.44 bits per heavy atom. The van der Waals surface area contributed by atoms with E-state index in [0.29, 0.717) is 22.9 Å². The van der Waals surface area contributed by atoms with Crippen LogP contribution in [-0.4, -0.2) is 5.78 Å². The Morgan fingerprint density at radius 3 is 2.83 bits per heavy atom. The standard InChI is InChI=1S/C13H10BrClO2S/c1-8(16)12-5-10(15)2-3-13(12)17-6-11-4-9(14)7-18-11/h2-5,7H,6H2,1H3. The maximum Gasteiger partial charge on any atom is 0.163 e. The lowest BCUT2D eigenvalue weighted by atomic mass is 10.1. The van der Waals surface area contributed by atoms with Crippen molar-refractivity contribution in [3.63, 3.8) is 0 Å². The van der Waals surface area contributed by atoms with Gasteiger partial charge >= 0.3 is 0 Å². The molecule has 1 aromatic carbocycles. The lowest BCUT2D eigenvalue weighted by Gasteiger charge is -2.09. The van der Waals surface area contributed by atoms with Gasteiger partial charge in [-0.2, -0.15) is 0 Å². The van der Waals surface area contributed by atoms with Crippen LogP contribution in [0.2, 0.25) is 5.02 Å². The van der Waals surface area contributed by atoms with E-state index in [-0.39, 0.29) is 5.78 Å². The normalized spacial score (nSPS) is 10.4. The first-order chi connectivity index (χ1) is 8.56. The molecule has 0 aliphatic heterocycles. The fourth-order valence-electron chi connectivity index (χ4n) is 1.48. The van der Waals surface area contributed by atoms with Crippen LogP contribution >= 0.6 is 38.9 Å². The molecule has 0 atom stereocenters. The summed E-state index contributed by atoms with van der Waals surface area (Å²) in [6, 6.07) is 7.06. The summed E-state index contributed by atoms with van der Waals surface area (Å²) in [5.41, 5.74) is 0.512. The number of hydrogen-bond acceptors (Lipinski definition) is 3. The maximum absolute atomic E-state index is 11.5. The number of thiophene rings is 1. The first-order valence-corrected chi connectivity index (χ1v) is 7.27. The summed E-state index contributed by atoms with van der Waals surface area (Å²) in [6.07, 6.45) is 0. The van der Waals surface area contributed by atoms with Crippen molar-refractivity contribution < 1.29 is 9.53 Å². The average molecular weight is 346 g/mol. The van der Waals surface area contributed by atoms with Crippen LogP contribution in [0.5, 0.6) is 5.75 Å². The molecule has 94 valence electrons. The van der Waals surface area contributed by atoms with Gasteiger partial charge in [0.25, 0.3) is 0 Å². The van der Waals surface area contributed by atoms with Gasteiger partial charge in [0.2, 0.25) is 0 Å². The third-order valence-electron chi connectivity index (χ3n) is 2.31. The predicted molar refractivity (Wildman–Crippen MR) is 77.8 cm³/mol. The van der Waals surface area contributed by atoms with Crippen LogP contribution < -0.4 is 4.74 Å². The molecule has 0 unspecified atom stereocenters. The molecule has 1 aromatic heterocycles. The Hall–Kier alpha value is -0.840. The number of halogens is 2. The molecule has 0 aliphatic carbocycles. The summed E-state index contributed by atoms with van der Waals surface area (Å²) < 4.78 is 6.70. The lowest BCUT2D eigenvalue weighted by molar-refractivity contribution is 0.101. The molecule has 0 radical (unpaired) electrons. The largest absolute Gasteiger partial charge is 0.487 e. The van der Waals surface area contributed by atoms with Gasteiger partial charge in [0.05, 0.1) is 5.56 Å². The van der Waals surface area contributed by atoms with E-state index in [4.69, 9.17) is 16.3 Å². The highest BCUT2D eigenvalue weighted by Crippen LogP contribution is 2.26. The molecule has 0 spiro atoms. The monoisotopic (exact) mass is 344 g/mol. The van der Waals surface area contributed by atoms with Crippen LogP contribution in [0.4, 0.5) is 0 Å². The SMILES string of the molecule is CC(=O)c1cc(Cl)ccc1OCc1cc(Br)cs1. The molecule has 0 bridgehead atoms. The molecule has 2 nitrogen and oxygen atoms in total. The lowest BCUT2D eigenvalue weighted by Crippen LogP contribution is -2.00. The molecule has 2 aromatic rings. The van der Waals surface area contributed by atoms with E-state index in [1.54, 1.807) is 29.5 Å². The van der Waals surface area contributed by atoms with E-state index in [0.717, 1.165) is 9.35 Å². The first kappa shape index (κ1) is 13.6. The number of ketones is 1. The Balaban J connectivity index is 2.16. The zero-order valence-corrected chi connectivity index (χ0v) is 12.7. The Bertz CT molecular complexity index is 580. The van der Waals surface area contributed by atoms with Crippen molar-refractivity contribution >= 4 is 44.7 Å². The van der Waals surface area contributed by atoms with E-state index < -0.39 is 0 Å². The van der Waals surface area contributed by atoms with Gasteiger partial charge in [-0.15, -0.1) is 11.3 Å². The van der Waals surface area contributed by atoms with Crippen LogP contribution in [0, 0.1) is 0 Å². The minimum Gasteiger partial charge on any atom is -0.487 e. The fourth-order valence-corrected chi connectivity index (χ4v) is 3.02. The zero-order valence-electron chi connectivity index (χ0n) is 9.57. The Kier molecular flexibility index (Phi) is 4.43. The summed E-state index contributed by atoms with van der Waals surface area (Å²) in [7, 11) is 0. The number of carbonyl (C=O) groups is 1. The third-order valence-corrected chi connectivity index (χ3v) is 4.22. The summed E-state index contributed by atoms with van der Waals surface area (Å²) in [5, 5.41) is 2.53. The molecule has 0 N–H and O–H groups in total. The van der Waals surface area contributed by atoms with Gasteiger partial charge in [-0.3, -0.25) is 4.79 Å². The molecule has 18 heavy (non-hydrogen) atoms. The number of rotatable bonds is 4. The summed E-state index contributed by atoms with van der Waals surface area (Å²) in [6.45, 7) is 1.94. The van der Waals surface area contributed by atoms with Gasteiger partial charge < -0.3 is 4.74 Å². The maximum atomic E-state index is 11.5. The topological polar surface area (TPSA) is 26.3 Å². The van der Waals surface area contributed by atoms with E-state index >= 15 is 0 Å². The van der Waals surface area contributed by atoms with Crippen LogP contribution in [0.1, 0.15) is 22.2 Å². The highest BCUT2D eigenvalue weighted by molar-refractivity contribution is 9.10. The van der Waals surface area contributed by atoms with Crippen molar-refractivity contribution in [3.8, 4) is 5.75 Å². The van der Waals surface area contributed by atoms with Crippen LogP contribution in [0.3, 0.4) is 0 Å². The summed E-state index contributed by atoms with van der Waals surface area (Å²) in [4.78, 5) is 12.6. The molecule has 0 aliphatic rings. The fraction of sp³-hybridized carbons (Fsp3) is 0.154. The Labute approximate surface area is 123 Å². The predicted octanol–water partition coefficient (Wildman–Crippen LogP) is 4.95. The molecule has 0 saturated heterocycles. The smallest absolute Gasteiger partial charge is 0.163 e. The van der Waals surface area contributed by atoms with Crippen molar-refractivity contribution in [2.24, 2.45) is 0 Å². The van der Waals surface area contributed by atoms with Crippen molar-refractivity contribution in [1.29, 1.82) is 0 Å². The van der Waals surface area contributed by atoms with E-state index in [2.05, 4.69) is 15.9 Å². The minimum absolute atomic E-state index is 0.0557. The molecule has 2 rings (SSSR count). The van der Waals surface area contributed by atoms with Gasteiger partial charge in [0.15, 0.2) is 5.78 Å². The van der Waals surface area contributed by atoms with Crippen molar-refractivity contribution in [2.75, 3.05) is 0 Å². The van der Waals surface area contributed by atoms with Gasteiger partial charge in [0.1, 0.15) is 12.4 Å². The van der Waals surface area contributed by atoms with Crippen LogP contribution in [0.25, 0.3) is 0 Å².